The number of phosphoric ester groups is 1. The number of carbonyl (C=O) groups excluding carboxylic acids is 1. The molecule has 0 saturated carbocycles. The molecule has 0 rings (SSSR count). The van der Waals surface area contributed by atoms with Gasteiger partial charge in [0, 0.05) is 6.42 Å². The van der Waals surface area contributed by atoms with Crippen LogP contribution < -0.4 is 5.32 Å². The molecule has 1 amide bonds. The van der Waals surface area contributed by atoms with Crippen molar-refractivity contribution >= 4 is 13.7 Å². The number of amides is 1. The van der Waals surface area contributed by atoms with Crippen LogP contribution in [0.3, 0.4) is 0 Å². The first-order chi connectivity index (χ1) is 36.5. The van der Waals surface area contributed by atoms with Gasteiger partial charge in [-0.25, -0.2) is 4.57 Å². The molecule has 0 aromatic heterocycles. The molecule has 3 atom stereocenters. The first kappa shape index (κ1) is 71.9. The van der Waals surface area contributed by atoms with Crippen LogP contribution in [0.5, 0.6) is 0 Å². The van der Waals surface area contributed by atoms with Crippen molar-refractivity contribution < 1.29 is 32.9 Å². The second kappa shape index (κ2) is 55.6. The van der Waals surface area contributed by atoms with Gasteiger partial charge < -0.3 is 19.8 Å². The highest BCUT2D eigenvalue weighted by Crippen LogP contribution is 2.43. The lowest BCUT2D eigenvalue weighted by atomic mass is 10.0. The van der Waals surface area contributed by atoms with Gasteiger partial charge in [0.2, 0.25) is 5.91 Å². The van der Waals surface area contributed by atoms with E-state index in [2.05, 4.69) is 129 Å². The molecule has 0 aromatic rings. The fourth-order valence-corrected chi connectivity index (χ4v) is 8.91. The van der Waals surface area contributed by atoms with Gasteiger partial charge in [-0.1, -0.05) is 251 Å². The SMILES string of the molecule is CC/C=C\C/C=C\C/C=C\C/C=C\C/C=C\C/C=C\C/C=C\CCCCCCCCCCCC(=O)NC(COP(=O)(O)OCC[N+](C)(C)C)C(O)/C=C/CC/C=C/CC/C=C/CCCCCCCCCCCCCC. The molecule has 75 heavy (non-hydrogen) atoms. The van der Waals surface area contributed by atoms with Crippen LogP contribution in [0.2, 0.25) is 0 Å². The Bertz CT molecular complexity index is 1630. The maximum Gasteiger partial charge on any atom is 0.472 e. The monoisotopic (exact) mass is 1060 g/mol. The fraction of sp³-hybridized carbons (Fsp3) is 0.682. The second-order valence-electron chi connectivity index (χ2n) is 21.3. The zero-order valence-electron chi connectivity index (χ0n) is 49.0. The number of hydrogen-bond donors (Lipinski definition) is 3. The topological polar surface area (TPSA) is 105 Å². The van der Waals surface area contributed by atoms with Crippen molar-refractivity contribution in [3.05, 3.63) is 122 Å². The zero-order chi connectivity index (χ0) is 54.9. The molecule has 3 unspecified atom stereocenters. The Morgan fingerprint density at radius 3 is 1.23 bits per heavy atom. The summed E-state index contributed by atoms with van der Waals surface area (Å²) in [6.45, 7) is 4.67. The highest BCUT2D eigenvalue weighted by Gasteiger charge is 2.27. The Morgan fingerprint density at radius 2 is 0.813 bits per heavy atom. The zero-order valence-corrected chi connectivity index (χ0v) is 49.9. The Balaban J connectivity index is 4.28. The lowest BCUT2D eigenvalue weighted by Crippen LogP contribution is -2.45. The third-order valence-electron chi connectivity index (χ3n) is 12.9. The summed E-state index contributed by atoms with van der Waals surface area (Å²) in [4.78, 5) is 23.3. The van der Waals surface area contributed by atoms with Gasteiger partial charge in [-0.05, 0) is 103 Å². The van der Waals surface area contributed by atoms with Gasteiger partial charge in [0.05, 0.1) is 39.9 Å². The van der Waals surface area contributed by atoms with E-state index in [0.29, 0.717) is 17.4 Å². The van der Waals surface area contributed by atoms with Crippen LogP contribution in [0, 0.1) is 0 Å². The molecule has 0 bridgehead atoms. The average molecular weight is 1060 g/mol. The van der Waals surface area contributed by atoms with E-state index in [4.69, 9.17) is 9.05 Å². The molecule has 0 aliphatic rings. The van der Waals surface area contributed by atoms with Gasteiger partial charge in [0.25, 0.3) is 0 Å². The molecule has 0 radical (unpaired) electrons. The van der Waals surface area contributed by atoms with Crippen molar-refractivity contribution in [2.75, 3.05) is 40.9 Å². The van der Waals surface area contributed by atoms with E-state index in [1.807, 2.05) is 27.2 Å². The number of nitrogens with one attached hydrogen (secondary N) is 1. The van der Waals surface area contributed by atoms with E-state index in [1.165, 1.54) is 122 Å². The highest BCUT2D eigenvalue weighted by atomic mass is 31.2. The molecular weight excluding hydrogens is 948 g/mol. The summed E-state index contributed by atoms with van der Waals surface area (Å²) in [5.74, 6) is -0.202. The molecule has 9 heteroatoms. The minimum Gasteiger partial charge on any atom is -0.387 e. The fourth-order valence-electron chi connectivity index (χ4n) is 8.17. The van der Waals surface area contributed by atoms with Crippen LogP contribution in [0.1, 0.15) is 239 Å². The van der Waals surface area contributed by atoms with Crippen LogP contribution in [0.25, 0.3) is 0 Å². The van der Waals surface area contributed by atoms with Crippen LogP contribution >= 0.6 is 7.82 Å². The van der Waals surface area contributed by atoms with E-state index >= 15 is 0 Å². The Hall–Kier alpha value is -3.10. The third-order valence-corrected chi connectivity index (χ3v) is 13.9. The number of carbonyl (C=O) groups is 1. The summed E-state index contributed by atoms with van der Waals surface area (Å²) in [7, 11) is 1.53. The van der Waals surface area contributed by atoms with E-state index in [9.17, 15) is 19.4 Å². The molecule has 0 aromatic carbocycles. The Morgan fingerprint density at radius 1 is 0.467 bits per heavy atom. The average Bonchev–Trinajstić information content (AvgIpc) is 3.37. The van der Waals surface area contributed by atoms with Crippen LogP contribution in [-0.4, -0.2) is 73.4 Å². The second-order valence-corrected chi connectivity index (χ2v) is 22.8. The van der Waals surface area contributed by atoms with Crippen LogP contribution in [0.15, 0.2) is 122 Å². The number of allylic oxidation sites excluding steroid dienone is 19. The number of unbranched alkanes of at least 4 members (excludes halogenated alkanes) is 23. The van der Waals surface area contributed by atoms with Gasteiger partial charge >= 0.3 is 7.82 Å². The summed E-state index contributed by atoms with van der Waals surface area (Å²) in [6.07, 6.45) is 83.1. The summed E-state index contributed by atoms with van der Waals surface area (Å²) in [6, 6.07) is -0.883. The summed E-state index contributed by atoms with van der Waals surface area (Å²) in [5.41, 5.74) is 0. The smallest absolute Gasteiger partial charge is 0.387 e. The number of aliphatic hydroxyl groups excluding tert-OH is 1. The van der Waals surface area contributed by atoms with Gasteiger partial charge in [0.15, 0.2) is 0 Å². The quantitative estimate of drug-likeness (QED) is 0.0243. The van der Waals surface area contributed by atoms with Crippen molar-refractivity contribution in [1.29, 1.82) is 0 Å². The number of likely N-dealkylation sites (N-methyl/N-ethyl adjacent to an activating group) is 1. The van der Waals surface area contributed by atoms with E-state index in [0.717, 1.165) is 96.3 Å². The van der Waals surface area contributed by atoms with Crippen molar-refractivity contribution in [2.24, 2.45) is 0 Å². The molecule has 0 fully saturated rings. The number of quaternary nitrogens is 1. The molecule has 0 saturated heterocycles. The molecule has 8 nitrogen and oxygen atoms in total. The maximum atomic E-state index is 13.0. The highest BCUT2D eigenvalue weighted by molar-refractivity contribution is 7.47. The lowest BCUT2D eigenvalue weighted by molar-refractivity contribution is -0.870. The molecule has 0 heterocycles. The summed E-state index contributed by atoms with van der Waals surface area (Å²) in [5, 5.41) is 13.9. The predicted molar refractivity (Wildman–Crippen MR) is 327 cm³/mol. The molecule has 0 spiro atoms. The van der Waals surface area contributed by atoms with E-state index < -0.39 is 20.0 Å². The Labute approximate surface area is 463 Å². The van der Waals surface area contributed by atoms with Crippen molar-refractivity contribution in [3.8, 4) is 0 Å². The standard InChI is InChI=1S/C66H115N2O6P/c1-6-8-10-12-14-16-18-20-22-24-26-28-30-31-32-33-34-35-36-37-38-40-42-44-46-48-50-52-54-56-58-60-66(70)67-64(63-74-75(71,72)73-62-61-68(3,4)5)65(69)59-57-55-53-51-49-47-45-43-41-39-29-27-25-23-21-19-17-15-13-11-9-7-2/h8,10,14,16,20,22,26,28,31-32,34-35,37-38,41,43,49,51,57,59,64-65,69H,6-7,9,11-13,15,17-19,21,23-25,27,29-30,33,36,39-40,42,44-48,50,52-56,58,60-63H2,1-5H3,(H-,67,70,71,72)/p+1/b10-8-,16-14-,22-20-,28-26-,32-31-,35-34-,38-37-,43-41+,51-49+,59-57+. The number of phosphoric acid groups is 1. The summed E-state index contributed by atoms with van der Waals surface area (Å²) < 4.78 is 23.7. The number of aliphatic hydroxyl groups is 1. The maximum absolute atomic E-state index is 13.0. The predicted octanol–water partition coefficient (Wildman–Crippen LogP) is 18.9. The molecule has 3 N–H and O–H groups in total. The number of hydrogen-bond acceptors (Lipinski definition) is 5. The molecular formula is C66H116N2O6P+. The van der Waals surface area contributed by atoms with Crippen molar-refractivity contribution in [2.45, 2.75) is 251 Å². The van der Waals surface area contributed by atoms with Gasteiger partial charge in [-0.15, -0.1) is 0 Å². The van der Waals surface area contributed by atoms with Gasteiger partial charge in [-0.2, -0.15) is 0 Å². The molecule has 0 aliphatic carbocycles. The van der Waals surface area contributed by atoms with Crippen LogP contribution in [-0.2, 0) is 18.4 Å². The van der Waals surface area contributed by atoms with Gasteiger partial charge in [-0.3, -0.25) is 13.8 Å². The number of rotatable bonds is 54. The minimum absolute atomic E-state index is 0.0461. The minimum atomic E-state index is -4.37. The summed E-state index contributed by atoms with van der Waals surface area (Å²) >= 11 is 0. The van der Waals surface area contributed by atoms with E-state index in [1.54, 1.807) is 6.08 Å². The van der Waals surface area contributed by atoms with Crippen molar-refractivity contribution in [3.63, 3.8) is 0 Å². The van der Waals surface area contributed by atoms with E-state index in [-0.39, 0.29) is 19.1 Å². The normalized spacial score (nSPS) is 14.7. The van der Waals surface area contributed by atoms with Crippen molar-refractivity contribution in [1.82, 2.24) is 5.32 Å². The largest absolute Gasteiger partial charge is 0.472 e. The molecule has 430 valence electrons. The Kier molecular flexibility index (Phi) is 53.3. The van der Waals surface area contributed by atoms with Gasteiger partial charge in [0.1, 0.15) is 13.2 Å². The third kappa shape index (κ3) is 58.4. The molecule has 0 aliphatic heterocycles. The van der Waals surface area contributed by atoms with Crippen LogP contribution in [0.4, 0.5) is 0 Å². The lowest BCUT2D eigenvalue weighted by Gasteiger charge is -2.25. The number of nitrogens with zero attached hydrogens (tertiary/aromatic N) is 1. The first-order valence-electron chi connectivity index (χ1n) is 30.4. The first-order valence-corrected chi connectivity index (χ1v) is 31.9.